The SMILES string of the molecule is N#CC(=C=[N-])[n+]1ccn(-c2ccccc2)c1. The van der Waals surface area contributed by atoms with Crippen LogP contribution in [0.4, 0.5) is 0 Å². The van der Waals surface area contributed by atoms with Gasteiger partial charge in [-0.2, -0.15) is 9.83 Å². The number of hydrogen-bond acceptors (Lipinski definition) is 1. The van der Waals surface area contributed by atoms with Gasteiger partial charge in [-0.05, 0) is 12.1 Å². The Morgan fingerprint density at radius 1 is 1.31 bits per heavy atom. The largest absolute Gasteiger partial charge is 0.759 e. The average Bonchev–Trinajstić information content (AvgIpc) is 2.81. The van der Waals surface area contributed by atoms with Gasteiger partial charge in [-0.1, -0.05) is 18.2 Å². The van der Waals surface area contributed by atoms with E-state index in [2.05, 4.69) is 0 Å². The van der Waals surface area contributed by atoms with E-state index in [1.165, 1.54) is 4.57 Å². The molecule has 0 spiro atoms. The van der Waals surface area contributed by atoms with E-state index in [1.54, 1.807) is 18.7 Å². The first kappa shape index (κ1) is 9.91. The van der Waals surface area contributed by atoms with Crippen molar-refractivity contribution in [1.82, 2.24) is 4.57 Å². The van der Waals surface area contributed by atoms with E-state index in [1.807, 2.05) is 46.8 Å². The minimum atomic E-state index is 0.0506. The molecule has 0 aliphatic heterocycles. The van der Waals surface area contributed by atoms with Crippen LogP contribution >= 0.6 is 0 Å². The van der Waals surface area contributed by atoms with Crippen molar-refractivity contribution >= 4 is 11.6 Å². The zero-order chi connectivity index (χ0) is 11.4. The summed E-state index contributed by atoms with van der Waals surface area (Å²) in [6.45, 7) is 0. The topological polar surface area (TPSA) is 54.9 Å². The zero-order valence-corrected chi connectivity index (χ0v) is 8.41. The lowest BCUT2D eigenvalue weighted by Gasteiger charge is -1.93. The second-order valence-electron chi connectivity index (χ2n) is 3.14. The van der Waals surface area contributed by atoms with Crippen LogP contribution in [0.1, 0.15) is 0 Å². The van der Waals surface area contributed by atoms with Gasteiger partial charge in [-0.15, -0.1) is 0 Å². The maximum Gasteiger partial charge on any atom is 0.255 e. The molecule has 0 aliphatic carbocycles. The lowest BCUT2D eigenvalue weighted by atomic mass is 10.3. The molecule has 0 aliphatic rings. The quantitative estimate of drug-likeness (QED) is 0.417. The Morgan fingerprint density at radius 2 is 2.06 bits per heavy atom. The normalized spacial score (nSPS) is 9.19. The van der Waals surface area contributed by atoms with E-state index >= 15 is 0 Å². The highest BCUT2D eigenvalue weighted by molar-refractivity contribution is 5.84. The van der Waals surface area contributed by atoms with Crippen molar-refractivity contribution in [3.05, 3.63) is 54.5 Å². The Hall–Kier alpha value is -2.63. The lowest BCUT2D eigenvalue weighted by Crippen LogP contribution is -2.28. The number of para-hydroxylation sites is 1. The Morgan fingerprint density at radius 3 is 2.69 bits per heavy atom. The molecule has 0 amide bonds. The molecule has 1 aromatic carbocycles. The van der Waals surface area contributed by atoms with Crippen LogP contribution in [-0.4, -0.2) is 10.4 Å². The van der Waals surface area contributed by atoms with Gasteiger partial charge in [0, 0.05) is 0 Å². The summed E-state index contributed by atoms with van der Waals surface area (Å²) in [7, 11) is 0. The molecule has 2 aromatic rings. The van der Waals surface area contributed by atoms with Crippen molar-refractivity contribution in [2.24, 2.45) is 0 Å². The summed E-state index contributed by atoms with van der Waals surface area (Å²) < 4.78 is 3.34. The van der Waals surface area contributed by atoms with Crippen molar-refractivity contribution in [3.63, 3.8) is 0 Å². The molecular weight excluding hydrogens is 200 g/mol. The first-order valence-electron chi connectivity index (χ1n) is 4.67. The summed E-state index contributed by atoms with van der Waals surface area (Å²) in [5, 5.41) is 17.4. The van der Waals surface area contributed by atoms with Gasteiger partial charge >= 0.3 is 0 Å². The number of rotatable bonds is 2. The van der Waals surface area contributed by atoms with E-state index in [-0.39, 0.29) is 5.70 Å². The van der Waals surface area contributed by atoms with Gasteiger partial charge in [0.1, 0.15) is 18.1 Å². The highest BCUT2D eigenvalue weighted by Gasteiger charge is 2.08. The summed E-state index contributed by atoms with van der Waals surface area (Å²) in [5.41, 5.74) is 1.03. The maximum atomic E-state index is 8.72. The van der Waals surface area contributed by atoms with Crippen LogP contribution in [0.25, 0.3) is 16.8 Å². The lowest BCUT2D eigenvalue weighted by molar-refractivity contribution is -0.575. The molecule has 0 fully saturated rings. The van der Waals surface area contributed by atoms with Crippen molar-refractivity contribution in [1.29, 1.82) is 5.26 Å². The maximum absolute atomic E-state index is 8.72. The molecule has 0 atom stereocenters. The molecule has 0 saturated heterocycles. The second kappa shape index (κ2) is 4.26. The monoisotopic (exact) mass is 208 g/mol. The molecule has 0 radical (unpaired) electrons. The van der Waals surface area contributed by atoms with Gasteiger partial charge in [0.15, 0.2) is 6.07 Å². The molecule has 4 heteroatoms. The van der Waals surface area contributed by atoms with E-state index < -0.39 is 0 Å². The fourth-order valence-electron chi connectivity index (χ4n) is 1.38. The fraction of sp³-hybridized carbons (Fsp3) is 0. The van der Waals surface area contributed by atoms with Gasteiger partial charge in [-0.25, -0.2) is 10.4 Å². The first-order chi connectivity index (χ1) is 7.85. The number of aromatic nitrogens is 2. The zero-order valence-electron chi connectivity index (χ0n) is 8.41. The molecule has 1 aromatic heterocycles. The van der Waals surface area contributed by atoms with Gasteiger partial charge < -0.3 is 5.41 Å². The van der Waals surface area contributed by atoms with Crippen molar-refractivity contribution in [3.8, 4) is 11.8 Å². The Balaban J connectivity index is 2.42. The van der Waals surface area contributed by atoms with Crippen molar-refractivity contribution < 1.29 is 4.57 Å². The van der Waals surface area contributed by atoms with Crippen molar-refractivity contribution in [2.75, 3.05) is 0 Å². The van der Waals surface area contributed by atoms with Crippen LogP contribution in [0.15, 0.2) is 49.1 Å². The van der Waals surface area contributed by atoms with Gasteiger partial charge in [0.2, 0.25) is 5.70 Å². The first-order valence-corrected chi connectivity index (χ1v) is 4.67. The second-order valence-corrected chi connectivity index (χ2v) is 3.14. The Bertz CT molecular complexity index is 583. The highest BCUT2D eigenvalue weighted by atomic mass is 15.1. The van der Waals surface area contributed by atoms with Gasteiger partial charge in [0.05, 0.1) is 0 Å². The minimum Gasteiger partial charge on any atom is -0.759 e. The third-order valence-corrected chi connectivity index (χ3v) is 2.16. The molecule has 76 valence electrons. The standard InChI is InChI=1S/C12H8N4/c13-8-12(9-14)16-7-6-15(10-16)11-4-2-1-3-5-11/h1-7,10H. The average molecular weight is 208 g/mol. The van der Waals surface area contributed by atoms with E-state index in [0.717, 1.165) is 5.69 Å². The Kier molecular flexibility index (Phi) is 2.64. The fourth-order valence-corrected chi connectivity index (χ4v) is 1.38. The van der Waals surface area contributed by atoms with E-state index in [0.29, 0.717) is 0 Å². The number of imidazole rings is 1. The highest BCUT2D eigenvalue weighted by Crippen LogP contribution is 2.04. The summed E-state index contributed by atoms with van der Waals surface area (Å²) in [4.78, 5) is 0. The minimum absolute atomic E-state index is 0.0506. The predicted molar refractivity (Wildman–Crippen MR) is 59.6 cm³/mol. The smallest absolute Gasteiger partial charge is 0.255 e. The summed E-state index contributed by atoms with van der Waals surface area (Å²) in [5.74, 6) is 1.84. The molecule has 0 N–H and O–H groups in total. The summed E-state index contributed by atoms with van der Waals surface area (Å²) in [6.07, 6.45) is 5.16. The number of benzene rings is 1. The molecule has 4 nitrogen and oxygen atoms in total. The van der Waals surface area contributed by atoms with Gasteiger partial charge in [0.25, 0.3) is 6.33 Å². The third-order valence-electron chi connectivity index (χ3n) is 2.16. The van der Waals surface area contributed by atoms with Crippen LogP contribution in [0.5, 0.6) is 0 Å². The van der Waals surface area contributed by atoms with Crippen LogP contribution in [0, 0.1) is 11.3 Å². The third kappa shape index (κ3) is 1.76. The van der Waals surface area contributed by atoms with Crippen LogP contribution < -0.4 is 4.57 Å². The molecule has 1 heterocycles. The number of nitrogens with zero attached hydrogens (tertiary/aromatic N) is 4. The molecular formula is C12H8N4. The number of allylic oxidation sites excluding steroid dienone is 1. The number of nitriles is 1. The summed E-state index contributed by atoms with van der Waals surface area (Å²) in [6, 6.07) is 11.5. The van der Waals surface area contributed by atoms with E-state index in [9.17, 15) is 0 Å². The van der Waals surface area contributed by atoms with Crippen LogP contribution in [0.2, 0.25) is 0 Å². The van der Waals surface area contributed by atoms with Crippen molar-refractivity contribution in [2.45, 2.75) is 0 Å². The molecule has 16 heavy (non-hydrogen) atoms. The molecule has 0 unspecified atom stereocenters. The molecule has 0 saturated carbocycles. The Labute approximate surface area is 92.8 Å². The number of hydrogen-bond donors (Lipinski definition) is 0. The van der Waals surface area contributed by atoms with E-state index in [4.69, 9.17) is 10.7 Å². The predicted octanol–water partition coefficient (Wildman–Crippen LogP) is 1.37. The molecule has 2 rings (SSSR count). The molecule has 0 bridgehead atoms. The van der Waals surface area contributed by atoms with Gasteiger partial charge in [-0.3, -0.25) is 0 Å². The summed E-state index contributed by atoms with van der Waals surface area (Å²) >= 11 is 0. The van der Waals surface area contributed by atoms with Crippen LogP contribution in [-0.2, 0) is 0 Å². The van der Waals surface area contributed by atoms with Crippen LogP contribution in [0.3, 0.4) is 0 Å².